The third-order valence-corrected chi connectivity index (χ3v) is 3.30. The lowest BCUT2D eigenvalue weighted by Crippen LogP contribution is -2.18. The van der Waals surface area contributed by atoms with Crippen molar-refractivity contribution in [2.45, 2.75) is 12.8 Å². The molecule has 30 heavy (non-hydrogen) atoms. The molecule has 0 unspecified atom stereocenters. The van der Waals surface area contributed by atoms with Crippen molar-refractivity contribution >= 4 is 11.9 Å². The number of ether oxygens (including phenoxy) is 2. The highest BCUT2D eigenvalue weighted by atomic mass is 19.2. The van der Waals surface area contributed by atoms with Crippen LogP contribution in [0.3, 0.4) is 0 Å². The van der Waals surface area contributed by atoms with Gasteiger partial charge in [0, 0.05) is 0 Å². The topological polar surface area (TPSA) is 52.6 Å². The van der Waals surface area contributed by atoms with Crippen LogP contribution in [0.25, 0.3) is 0 Å². The fraction of sp³-hybridized carbons (Fsp3) is 0.125. The van der Waals surface area contributed by atoms with Crippen LogP contribution in [-0.2, 0) is 9.59 Å². The molecule has 0 N–H and O–H groups in total. The summed E-state index contributed by atoms with van der Waals surface area (Å²) in [7, 11) is 0. The number of carbonyl (C=O) groups excluding carboxylic acids is 2. The Labute approximate surface area is 158 Å². The molecule has 0 amide bonds. The summed E-state index contributed by atoms with van der Waals surface area (Å²) in [5, 5.41) is 0. The summed E-state index contributed by atoms with van der Waals surface area (Å²) in [6.07, 6.45) is -2.40. The van der Waals surface area contributed by atoms with Crippen molar-refractivity contribution in [1.82, 2.24) is 0 Å². The number of hydrogen-bond acceptors (Lipinski definition) is 4. The average Bonchev–Trinajstić information content (AvgIpc) is 2.72. The van der Waals surface area contributed by atoms with Crippen LogP contribution in [0.15, 0.2) is 0 Å². The van der Waals surface area contributed by atoms with E-state index in [1.807, 2.05) is 0 Å². The minimum atomic E-state index is -2.53. The van der Waals surface area contributed by atoms with Crippen LogP contribution < -0.4 is 9.47 Å². The maximum absolute atomic E-state index is 13.4. The number of halogens is 10. The van der Waals surface area contributed by atoms with Gasteiger partial charge in [0.1, 0.15) is 0 Å². The Balaban J connectivity index is 2.10. The Morgan fingerprint density at radius 2 is 0.633 bits per heavy atom. The van der Waals surface area contributed by atoms with Gasteiger partial charge in [-0.3, -0.25) is 9.59 Å². The van der Waals surface area contributed by atoms with E-state index in [0.717, 1.165) is 0 Å². The summed E-state index contributed by atoms with van der Waals surface area (Å²) in [6, 6.07) is 0. The van der Waals surface area contributed by atoms with Crippen LogP contribution in [0.1, 0.15) is 12.8 Å². The second-order valence-electron chi connectivity index (χ2n) is 5.25. The molecule has 162 valence electrons. The monoisotopic (exact) mass is 450 g/mol. The van der Waals surface area contributed by atoms with E-state index >= 15 is 0 Å². The molecule has 0 saturated heterocycles. The molecule has 0 radical (unpaired) electrons. The standard InChI is InChI=1S/C16H4F10O4/c17-5-7(19)11(23)15(12(24)8(5)20)29-3(27)1-2-4(28)30-16-13(25)9(21)6(18)10(22)14(16)26/h1-2H2. The van der Waals surface area contributed by atoms with E-state index in [0.29, 0.717) is 0 Å². The second-order valence-corrected chi connectivity index (χ2v) is 5.25. The van der Waals surface area contributed by atoms with E-state index in [1.165, 1.54) is 0 Å². The lowest BCUT2D eigenvalue weighted by Gasteiger charge is -2.10. The zero-order chi connectivity index (χ0) is 22.9. The predicted octanol–water partition coefficient (Wildman–Crippen LogP) is 4.37. The highest BCUT2D eigenvalue weighted by Crippen LogP contribution is 2.31. The Morgan fingerprint density at radius 3 is 0.867 bits per heavy atom. The molecule has 0 aliphatic carbocycles. The van der Waals surface area contributed by atoms with Crippen molar-refractivity contribution in [3.05, 3.63) is 58.2 Å². The molecule has 0 heterocycles. The molecule has 0 bridgehead atoms. The molecule has 4 nitrogen and oxygen atoms in total. The summed E-state index contributed by atoms with van der Waals surface area (Å²) in [5.41, 5.74) is 0. The van der Waals surface area contributed by atoms with Gasteiger partial charge in [-0.25, -0.2) is 26.3 Å². The molecule has 0 aliphatic rings. The van der Waals surface area contributed by atoms with Crippen LogP contribution in [0, 0.1) is 58.2 Å². The van der Waals surface area contributed by atoms with Crippen LogP contribution in [0.2, 0.25) is 0 Å². The van der Waals surface area contributed by atoms with Crippen LogP contribution in [-0.4, -0.2) is 11.9 Å². The van der Waals surface area contributed by atoms with Crippen molar-refractivity contribution in [3.8, 4) is 11.5 Å². The van der Waals surface area contributed by atoms with Gasteiger partial charge >= 0.3 is 11.9 Å². The molecule has 0 atom stereocenters. The number of esters is 2. The largest absolute Gasteiger partial charge is 0.420 e. The van der Waals surface area contributed by atoms with Gasteiger partial charge in [0.2, 0.25) is 69.7 Å². The molecular weight excluding hydrogens is 446 g/mol. The van der Waals surface area contributed by atoms with Crippen molar-refractivity contribution in [2.75, 3.05) is 0 Å². The fourth-order valence-corrected chi connectivity index (χ4v) is 1.88. The first-order valence-electron chi connectivity index (χ1n) is 7.32. The van der Waals surface area contributed by atoms with Gasteiger partial charge in [-0.2, -0.15) is 17.6 Å². The third kappa shape index (κ3) is 4.16. The first kappa shape index (κ1) is 23.0. The zero-order valence-electron chi connectivity index (χ0n) is 13.8. The predicted molar refractivity (Wildman–Crippen MR) is 73.0 cm³/mol. The minimum Gasteiger partial charge on any atom is -0.420 e. The lowest BCUT2D eigenvalue weighted by atomic mass is 10.2. The molecule has 0 aromatic heterocycles. The van der Waals surface area contributed by atoms with Gasteiger partial charge in [-0.15, -0.1) is 0 Å². The summed E-state index contributed by atoms with van der Waals surface area (Å²) in [6.45, 7) is 0. The SMILES string of the molecule is O=C(CCC(=O)Oc1c(F)c(F)c(F)c(F)c1F)Oc1c(F)c(F)c(F)c(F)c1F. The van der Waals surface area contributed by atoms with Crippen LogP contribution >= 0.6 is 0 Å². The lowest BCUT2D eigenvalue weighted by molar-refractivity contribution is -0.141. The van der Waals surface area contributed by atoms with Gasteiger partial charge in [0.05, 0.1) is 12.8 Å². The number of rotatable bonds is 5. The molecular formula is C16H4F10O4. The zero-order valence-corrected chi connectivity index (χ0v) is 13.8. The van der Waals surface area contributed by atoms with Crippen LogP contribution in [0.5, 0.6) is 11.5 Å². The quantitative estimate of drug-likeness (QED) is 0.223. The fourth-order valence-electron chi connectivity index (χ4n) is 1.88. The molecule has 0 aliphatic heterocycles. The maximum Gasteiger partial charge on any atom is 0.311 e. The Hall–Kier alpha value is -3.32. The van der Waals surface area contributed by atoms with E-state index < -0.39 is 94.5 Å². The third-order valence-electron chi connectivity index (χ3n) is 3.30. The molecule has 0 fully saturated rings. The van der Waals surface area contributed by atoms with Gasteiger partial charge in [-0.05, 0) is 0 Å². The van der Waals surface area contributed by atoms with E-state index in [-0.39, 0.29) is 0 Å². The number of benzene rings is 2. The number of hydrogen-bond donors (Lipinski definition) is 0. The number of carbonyl (C=O) groups is 2. The van der Waals surface area contributed by atoms with Gasteiger partial charge in [0.15, 0.2) is 0 Å². The first-order chi connectivity index (χ1) is 13.9. The normalized spacial score (nSPS) is 10.9. The van der Waals surface area contributed by atoms with Gasteiger partial charge in [-0.1, -0.05) is 0 Å². The summed E-state index contributed by atoms with van der Waals surface area (Å²) in [5.74, 6) is -32.2. The Bertz CT molecular complexity index is 912. The van der Waals surface area contributed by atoms with E-state index in [9.17, 15) is 53.5 Å². The van der Waals surface area contributed by atoms with Crippen LogP contribution in [0.4, 0.5) is 43.9 Å². The highest BCUT2D eigenvalue weighted by molar-refractivity contribution is 5.80. The van der Waals surface area contributed by atoms with Gasteiger partial charge < -0.3 is 9.47 Å². The highest BCUT2D eigenvalue weighted by Gasteiger charge is 2.30. The molecule has 2 aromatic rings. The van der Waals surface area contributed by atoms with E-state index in [4.69, 9.17) is 0 Å². The Morgan fingerprint density at radius 1 is 0.433 bits per heavy atom. The molecule has 0 saturated carbocycles. The second kappa shape index (κ2) is 8.59. The summed E-state index contributed by atoms with van der Waals surface area (Å²) < 4.78 is 139. The smallest absolute Gasteiger partial charge is 0.311 e. The van der Waals surface area contributed by atoms with E-state index in [2.05, 4.69) is 9.47 Å². The van der Waals surface area contributed by atoms with Crippen molar-refractivity contribution in [2.24, 2.45) is 0 Å². The summed E-state index contributed by atoms with van der Waals surface area (Å²) in [4.78, 5) is 22.9. The maximum atomic E-state index is 13.4. The molecule has 2 rings (SSSR count). The molecule has 0 spiro atoms. The van der Waals surface area contributed by atoms with Crippen molar-refractivity contribution < 1.29 is 63.0 Å². The summed E-state index contributed by atoms with van der Waals surface area (Å²) >= 11 is 0. The first-order valence-corrected chi connectivity index (χ1v) is 7.32. The minimum absolute atomic E-state index is 1.20. The van der Waals surface area contributed by atoms with E-state index in [1.54, 1.807) is 0 Å². The van der Waals surface area contributed by atoms with Crippen molar-refractivity contribution in [1.29, 1.82) is 0 Å². The van der Waals surface area contributed by atoms with Gasteiger partial charge in [0.25, 0.3) is 0 Å². The molecule has 14 heteroatoms. The Kier molecular flexibility index (Phi) is 6.57. The molecule has 2 aromatic carbocycles. The average molecular weight is 450 g/mol. The van der Waals surface area contributed by atoms with Crippen molar-refractivity contribution in [3.63, 3.8) is 0 Å².